The van der Waals surface area contributed by atoms with Crippen LogP contribution in [0.1, 0.15) is 18.9 Å². The molecule has 2 aromatic rings. The van der Waals surface area contributed by atoms with E-state index in [1.807, 2.05) is 30.3 Å². The third-order valence-corrected chi connectivity index (χ3v) is 4.01. The number of rotatable bonds is 8. The zero-order valence-electron chi connectivity index (χ0n) is 16.5. The summed E-state index contributed by atoms with van der Waals surface area (Å²) in [5.74, 6) is -1.23. The van der Waals surface area contributed by atoms with E-state index in [9.17, 15) is 14.4 Å². The molecule has 0 heterocycles. The number of amides is 2. The van der Waals surface area contributed by atoms with Gasteiger partial charge >= 0.3 is 5.97 Å². The highest BCUT2D eigenvalue weighted by atomic mass is 32.1. The standard InChI is InChI=1S/C22H23N3O4S/c1-2-29-21(28)15-14-20(27)25-22(30)24-18-11-9-17(10-12-18)23-19(26)13-8-16-6-4-3-5-7-16/h3-7,9-12,14-15H,2,8,13H2,1H3,(H,23,26)(H2,24,25,27,30)/b15-14+. The zero-order valence-corrected chi connectivity index (χ0v) is 17.3. The van der Waals surface area contributed by atoms with Crippen LogP contribution in [0.5, 0.6) is 0 Å². The van der Waals surface area contributed by atoms with E-state index in [2.05, 4.69) is 20.7 Å². The van der Waals surface area contributed by atoms with E-state index in [0.717, 1.165) is 17.7 Å². The van der Waals surface area contributed by atoms with E-state index in [1.54, 1.807) is 31.2 Å². The SMILES string of the molecule is CCOC(=O)/C=C/C(=O)NC(=S)Nc1ccc(NC(=O)CCc2ccccc2)cc1. The number of hydrogen-bond donors (Lipinski definition) is 3. The summed E-state index contributed by atoms with van der Waals surface area (Å²) >= 11 is 5.06. The molecule has 7 nitrogen and oxygen atoms in total. The first-order valence-electron chi connectivity index (χ1n) is 9.37. The van der Waals surface area contributed by atoms with Crippen molar-refractivity contribution >= 4 is 46.5 Å². The number of hydrogen-bond acceptors (Lipinski definition) is 5. The fourth-order valence-corrected chi connectivity index (χ4v) is 2.63. The molecule has 0 aromatic heterocycles. The van der Waals surface area contributed by atoms with Gasteiger partial charge in [0, 0.05) is 29.9 Å². The number of thiocarbonyl (C=S) groups is 1. The molecule has 30 heavy (non-hydrogen) atoms. The Morgan fingerprint density at radius 3 is 2.20 bits per heavy atom. The number of aryl methyl sites for hydroxylation is 1. The van der Waals surface area contributed by atoms with Gasteiger partial charge in [-0.3, -0.25) is 14.9 Å². The number of esters is 1. The maximum Gasteiger partial charge on any atom is 0.330 e. The molecule has 0 saturated carbocycles. The Kier molecular flexibility index (Phi) is 9.20. The molecule has 0 saturated heterocycles. The summed E-state index contributed by atoms with van der Waals surface area (Å²) in [6.07, 6.45) is 3.13. The maximum absolute atomic E-state index is 12.1. The number of anilines is 2. The quantitative estimate of drug-likeness (QED) is 0.342. The van der Waals surface area contributed by atoms with Crippen LogP contribution in [0.4, 0.5) is 11.4 Å². The molecule has 2 aromatic carbocycles. The second-order valence-corrected chi connectivity index (χ2v) is 6.55. The van der Waals surface area contributed by atoms with Crippen molar-refractivity contribution in [3.05, 3.63) is 72.3 Å². The molecule has 0 aliphatic heterocycles. The molecule has 0 bridgehead atoms. The first-order valence-corrected chi connectivity index (χ1v) is 9.77. The van der Waals surface area contributed by atoms with Crippen LogP contribution in [0.25, 0.3) is 0 Å². The van der Waals surface area contributed by atoms with E-state index in [0.29, 0.717) is 24.2 Å². The molecule has 2 amide bonds. The average molecular weight is 426 g/mol. The van der Waals surface area contributed by atoms with Gasteiger partial charge in [-0.25, -0.2) is 4.79 Å². The van der Waals surface area contributed by atoms with Crippen molar-refractivity contribution in [1.29, 1.82) is 0 Å². The van der Waals surface area contributed by atoms with Crippen molar-refractivity contribution in [2.45, 2.75) is 19.8 Å². The monoisotopic (exact) mass is 425 g/mol. The van der Waals surface area contributed by atoms with E-state index >= 15 is 0 Å². The largest absolute Gasteiger partial charge is 0.463 e. The predicted octanol–water partition coefficient (Wildman–Crippen LogP) is 3.19. The molecule has 0 radical (unpaired) electrons. The summed E-state index contributed by atoms with van der Waals surface area (Å²) in [6, 6.07) is 16.7. The second kappa shape index (κ2) is 12.1. The number of carbonyl (C=O) groups excluding carboxylic acids is 3. The van der Waals surface area contributed by atoms with Crippen LogP contribution < -0.4 is 16.0 Å². The minimum atomic E-state index is -0.604. The highest BCUT2D eigenvalue weighted by molar-refractivity contribution is 7.80. The van der Waals surface area contributed by atoms with Gasteiger partial charge in [-0.05, 0) is 55.4 Å². The first kappa shape index (κ1) is 22.8. The Labute approximate surface area is 180 Å². The van der Waals surface area contributed by atoms with Gasteiger partial charge in [0.25, 0.3) is 0 Å². The van der Waals surface area contributed by atoms with Crippen molar-refractivity contribution in [2.24, 2.45) is 0 Å². The molecule has 3 N–H and O–H groups in total. The summed E-state index contributed by atoms with van der Waals surface area (Å²) < 4.78 is 4.69. The number of carbonyl (C=O) groups is 3. The van der Waals surface area contributed by atoms with Crippen LogP contribution in [0.2, 0.25) is 0 Å². The van der Waals surface area contributed by atoms with E-state index < -0.39 is 11.9 Å². The molecular weight excluding hydrogens is 402 g/mol. The van der Waals surface area contributed by atoms with Gasteiger partial charge in [-0.1, -0.05) is 30.3 Å². The van der Waals surface area contributed by atoms with Crippen molar-refractivity contribution in [3.8, 4) is 0 Å². The van der Waals surface area contributed by atoms with Gasteiger partial charge in [0.05, 0.1) is 6.61 Å². The molecular formula is C22H23N3O4S. The highest BCUT2D eigenvalue weighted by Gasteiger charge is 2.05. The van der Waals surface area contributed by atoms with Crippen LogP contribution in [0, 0.1) is 0 Å². The van der Waals surface area contributed by atoms with Gasteiger partial charge in [0.2, 0.25) is 11.8 Å². The lowest BCUT2D eigenvalue weighted by atomic mass is 10.1. The second-order valence-electron chi connectivity index (χ2n) is 6.14. The summed E-state index contributed by atoms with van der Waals surface area (Å²) in [7, 11) is 0. The normalized spacial score (nSPS) is 10.3. The van der Waals surface area contributed by atoms with Crippen LogP contribution >= 0.6 is 12.2 Å². The lowest BCUT2D eigenvalue weighted by Gasteiger charge is -2.10. The van der Waals surface area contributed by atoms with Crippen LogP contribution in [-0.4, -0.2) is 29.5 Å². The fraction of sp³-hybridized carbons (Fsp3) is 0.182. The molecule has 0 unspecified atom stereocenters. The third kappa shape index (κ3) is 8.66. The fourth-order valence-electron chi connectivity index (χ4n) is 2.41. The van der Waals surface area contributed by atoms with Crippen molar-refractivity contribution in [2.75, 3.05) is 17.2 Å². The van der Waals surface area contributed by atoms with Crippen LogP contribution in [0.15, 0.2) is 66.7 Å². The summed E-state index contributed by atoms with van der Waals surface area (Å²) in [5.41, 5.74) is 2.41. The highest BCUT2D eigenvalue weighted by Crippen LogP contribution is 2.14. The Bertz CT molecular complexity index is 912. The minimum absolute atomic E-state index is 0.0734. The topological polar surface area (TPSA) is 96.5 Å². The molecule has 0 fully saturated rings. The van der Waals surface area contributed by atoms with Crippen LogP contribution in [-0.2, 0) is 25.5 Å². The molecule has 0 atom stereocenters. The minimum Gasteiger partial charge on any atom is -0.463 e. The van der Waals surface area contributed by atoms with Gasteiger partial charge in [-0.15, -0.1) is 0 Å². The van der Waals surface area contributed by atoms with Crippen molar-refractivity contribution in [3.63, 3.8) is 0 Å². The first-order chi connectivity index (χ1) is 14.5. The summed E-state index contributed by atoms with van der Waals surface area (Å²) in [4.78, 5) is 35.0. The molecule has 8 heteroatoms. The Morgan fingerprint density at radius 2 is 1.57 bits per heavy atom. The third-order valence-electron chi connectivity index (χ3n) is 3.80. The van der Waals surface area contributed by atoms with Gasteiger partial charge < -0.3 is 15.4 Å². The number of ether oxygens (including phenoxy) is 1. The summed E-state index contributed by atoms with van der Waals surface area (Å²) in [5, 5.41) is 8.19. The summed E-state index contributed by atoms with van der Waals surface area (Å²) in [6.45, 7) is 1.90. The van der Waals surface area contributed by atoms with Crippen LogP contribution in [0.3, 0.4) is 0 Å². The average Bonchev–Trinajstić information content (AvgIpc) is 2.73. The Morgan fingerprint density at radius 1 is 0.933 bits per heavy atom. The molecule has 0 aliphatic carbocycles. The van der Waals surface area contributed by atoms with E-state index in [4.69, 9.17) is 12.2 Å². The Balaban J connectivity index is 1.76. The van der Waals surface area contributed by atoms with E-state index in [-0.39, 0.29) is 17.6 Å². The molecule has 0 aliphatic rings. The zero-order chi connectivity index (χ0) is 21.8. The molecule has 156 valence electrons. The number of benzene rings is 2. The lowest BCUT2D eigenvalue weighted by molar-refractivity contribution is -0.137. The van der Waals surface area contributed by atoms with Crippen molar-refractivity contribution < 1.29 is 19.1 Å². The smallest absolute Gasteiger partial charge is 0.330 e. The predicted molar refractivity (Wildman–Crippen MR) is 120 cm³/mol. The van der Waals surface area contributed by atoms with E-state index in [1.165, 1.54) is 0 Å². The Hall–Kier alpha value is -3.52. The van der Waals surface area contributed by atoms with Crippen molar-refractivity contribution in [1.82, 2.24) is 5.32 Å². The maximum atomic E-state index is 12.1. The van der Waals surface area contributed by atoms with Gasteiger partial charge in [0.1, 0.15) is 0 Å². The van der Waals surface area contributed by atoms with Gasteiger partial charge in [-0.2, -0.15) is 0 Å². The van der Waals surface area contributed by atoms with Gasteiger partial charge in [0.15, 0.2) is 5.11 Å². The number of nitrogens with one attached hydrogen (secondary N) is 3. The molecule has 0 spiro atoms. The lowest BCUT2D eigenvalue weighted by Crippen LogP contribution is -2.33. The molecule has 2 rings (SSSR count).